The van der Waals surface area contributed by atoms with Crippen LogP contribution in [0.3, 0.4) is 0 Å². The molecule has 0 atom stereocenters. The van der Waals surface area contributed by atoms with Crippen LogP contribution in [0.2, 0.25) is 0 Å². The third-order valence-corrected chi connectivity index (χ3v) is 5.26. The molecule has 5 nitrogen and oxygen atoms in total. The van der Waals surface area contributed by atoms with Crippen molar-refractivity contribution in [2.24, 2.45) is 4.99 Å². The highest BCUT2D eigenvalue weighted by molar-refractivity contribution is 7.91. The van der Waals surface area contributed by atoms with Gasteiger partial charge in [0.2, 0.25) is 0 Å². The van der Waals surface area contributed by atoms with Crippen molar-refractivity contribution in [2.45, 2.75) is 11.4 Å². The Morgan fingerprint density at radius 1 is 1.04 bits per heavy atom. The van der Waals surface area contributed by atoms with Gasteiger partial charge in [0.25, 0.3) is 0 Å². The smallest absolute Gasteiger partial charge is 0.191 e. The molecule has 0 bridgehead atoms. The maximum atomic E-state index is 13.6. The third kappa shape index (κ3) is 5.22. The summed E-state index contributed by atoms with van der Waals surface area (Å²) in [4.78, 5) is 3.51. The van der Waals surface area contributed by atoms with Crippen LogP contribution in [0.25, 0.3) is 0 Å². The van der Waals surface area contributed by atoms with E-state index in [4.69, 9.17) is 0 Å². The average molecular weight is 385 g/mol. The molecule has 2 rings (SSSR count). The maximum absolute atomic E-state index is 13.6. The Morgan fingerprint density at radius 2 is 1.77 bits per heavy atom. The van der Waals surface area contributed by atoms with E-state index in [1.165, 1.54) is 25.2 Å². The second kappa shape index (κ2) is 8.70. The van der Waals surface area contributed by atoms with Gasteiger partial charge in [0.1, 0.15) is 22.3 Å². The van der Waals surface area contributed by atoms with Crippen LogP contribution in [0.5, 0.6) is 0 Å². The number of benzene rings is 2. The number of aliphatic imine (C=N–C) groups is 1. The zero-order chi connectivity index (χ0) is 19.2. The van der Waals surface area contributed by atoms with E-state index in [0.29, 0.717) is 0 Å². The van der Waals surface area contributed by atoms with Crippen LogP contribution in [-0.4, -0.2) is 33.7 Å². The Bertz CT molecular complexity index is 902. The summed E-state index contributed by atoms with van der Waals surface area (Å²) in [5.41, 5.74) is 0.104. The Hall–Kier alpha value is -2.55. The molecule has 0 fully saturated rings. The Balaban J connectivity index is 1.91. The summed E-state index contributed by atoms with van der Waals surface area (Å²) in [5.74, 6) is -2.10. The van der Waals surface area contributed by atoms with Gasteiger partial charge < -0.3 is 10.6 Å². The molecule has 2 N–H and O–H groups in total. The van der Waals surface area contributed by atoms with E-state index in [-0.39, 0.29) is 35.3 Å². The lowest BCUT2D eigenvalue weighted by Gasteiger charge is -2.13. The zero-order valence-electron chi connectivity index (χ0n) is 14.0. The standard InChI is InChI=1S/C17H18F3N3O2S/c1-21-17(23-11-12-10-13(18)6-7-14(12)19)22-8-9-26(24,25)16-5-3-2-4-15(16)20/h2-7,10H,8-9,11H2,1H3,(H2,21,22,23). The summed E-state index contributed by atoms with van der Waals surface area (Å²) < 4.78 is 64.6. The quantitative estimate of drug-likeness (QED) is 0.591. The van der Waals surface area contributed by atoms with Gasteiger partial charge in [-0.25, -0.2) is 21.6 Å². The molecule has 0 aromatic heterocycles. The van der Waals surface area contributed by atoms with Gasteiger partial charge in [0.15, 0.2) is 15.8 Å². The lowest BCUT2D eigenvalue weighted by molar-refractivity contribution is 0.566. The molecule has 0 aliphatic carbocycles. The van der Waals surface area contributed by atoms with Gasteiger partial charge >= 0.3 is 0 Å². The monoisotopic (exact) mass is 385 g/mol. The molecule has 26 heavy (non-hydrogen) atoms. The second-order valence-electron chi connectivity index (χ2n) is 5.34. The van der Waals surface area contributed by atoms with Gasteiger partial charge in [-0.3, -0.25) is 4.99 Å². The lowest BCUT2D eigenvalue weighted by atomic mass is 10.2. The predicted octanol–water partition coefficient (Wildman–Crippen LogP) is 2.24. The summed E-state index contributed by atoms with van der Waals surface area (Å²) in [6.07, 6.45) is 0. The number of rotatable bonds is 6. The van der Waals surface area contributed by atoms with Crippen LogP contribution in [0.15, 0.2) is 52.4 Å². The van der Waals surface area contributed by atoms with E-state index >= 15 is 0 Å². The van der Waals surface area contributed by atoms with Crippen LogP contribution in [0.4, 0.5) is 13.2 Å². The van der Waals surface area contributed by atoms with E-state index in [1.54, 1.807) is 0 Å². The lowest BCUT2D eigenvalue weighted by Crippen LogP contribution is -2.39. The molecule has 2 aromatic carbocycles. The first-order valence-corrected chi connectivity index (χ1v) is 9.34. The van der Waals surface area contributed by atoms with Crippen LogP contribution < -0.4 is 10.6 Å². The molecule has 0 amide bonds. The van der Waals surface area contributed by atoms with Crippen molar-refractivity contribution >= 4 is 15.8 Å². The number of nitrogens with one attached hydrogen (secondary N) is 2. The minimum absolute atomic E-state index is 0.0384. The van der Waals surface area contributed by atoms with Crippen molar-refractivity contribution in [3.8, 4) is 0 Å². The average Bonchev–Trinajstić information content (AvgIpc) is 2.60. The van der Waals surface area contributed by atoms with Gasteiger partial charge in [-0.15, -0.1) is 0 Å². The summed E-state index contributed by atoms with van der Waals surface area (Å²) in [7, 11) is -2.36. The van der Waals surface area contributed by atoms with Crippen molar-refractivity contribution < 1.29 is 21.6 Å². The Morgan fingerprint density at radius 3 is 2.46 bits per heavy atom. The summed E-state index contributed by atoms with van der Waals surface area (Å²) in [6, 6.07) is 8.21. The molecule has 0 aliphatic rings. The molecule has 9 heteroatoms. The first-order valence-electron chi connectivity index (χ1n) is 7.69. The number of guanidine groups is 1. The van der Waals surface area contributed by atoms with Crippen LogP contribution in [-0.2, 0) is 16.4 Å². The highest BCUT2D eigenvalue weighted by Gasteiger charge is 2.18. The summed E-state index contributed by atoms with van der Waals surface area (Å²) in [6.45, 7) is -0.0781. The molecule has 140 valence electrons. The molecular formula is C17H18F3N3O2S. The largest absolute Gasteiger partial charge is 0.355 e. The molecule has 0 heterocycles. The molecular weight excluding hydrogens is 367 g/mol. The Kier molecular flexibility index (Phi) is 6.62. The topological polar surface area (TPSA) is 70.6 Å². The van der Waals surface area contributed by atoms with Crippen molar-refractivity contribution in [3.05, 3.63) is 65.5 Å². The second-order valence-corrected chi connectivity index (χ2v) is 7.42. The van der Waals surface area contributed by atoms with Crippen LogP contribution >= 0.6 is 0 Å². The van der Waals surface area contributed by atoms with Gasteiger partial charge in [0, 0.05) is 25.7 Å². The fourth-order valence-corrected chi connectivity index (χ4v) is 3.43. The zero-order valence-corrected chi connectivity index (χ0v) is 14.8. The highest BCUT2D eigenvalue weighted by atomic mass is 32.2. The van der Waals surface area contributed by atoms with Crippen molar-refractivity contribution in [2.75, 3.05) is 19.3 Å². The van der Waals surface area contributed by atoms with E-state index < -0.39 is 27.3 Å². The van der Waals surface area contributed by atoms with E-state index in [9.17, 15) is 21.6 Å². The van der Waals surface area contributed by atoms with E-state index in [2.05, 4.69) is 15.6 Å². The third-order valence-electron chi connectivity index (χ3n) is 3.51. The van der Waals surface area contributed by atoms with Crippen LogP contribution in [0.1, 0.15) is 5.56 Å². The van der Waals surface area contributed by atoms with Gasteiger partial charge in [0.05, 0.1) is 5.75 Å². The molecule has 0 aliphatic heterocycles. The highest BCUT2D eigenvalue weighted by Crippen LogP contribution is 2.14. The molecule has 0 unspecified atom stereocenters. The molecule has 0 radical (unpaired) electrons. The van der Waals surface area contributed by atoms with Gasteiger partial charge in [-0.1, -0.05) is 12.1 Å². The summed E-state index contributed by atoms with van der Waals surface area (Å²) >= 11 is 0. The first kappa shape index (κ1) is 19.8. The van der Waals surface area contributed by atoms with Crippen LogP contribution in [0, 0.1) is 17.5 Å². The van der Waals surface area contributed by atoms with Gasteiger partial charge in [-0.05, 0) is 30.3 Å². The fourth-order valence-electron chi connectivity index (χ4n) is 2.19. The molecule has 0 saturated heterocycles. The Labute approximate surface area is 149 Å². The number of hydrogen-bond donors (Lipinski definition) is 2. The number of nitrogens with zero attached hydrogens (tertiary/aromatic N) is 1. The van der Waals surface area contributed by atoms with Crippen molar-refractivity contribution in [1.82, 2.24) is 10.6 Å². The summed E-state index contributed by atoms with van der Waals surface area (Å²) in [5, 5.41) is 5.49. The minimum Gasteiger partial charge on any atom is -0.355 e. The number of halogens is 3. The normalized spacial score (nSPS) is 12.1. The van der Waals surface area contributed by atoms with Crippen molar-refractivity contribution in [1.29, 1.82) is 0 Å². The molecule has 2 aromatic rings. The maximum Gasteiger partial charge on any atom is 0.191 e. The SMILES string of the molecule is CN=C(NCCS(=O)(=O)c1ccccc1F)NCc1cc(F)ccc1F. The fraction of sp³-hybridized carbons (Fsp3) is 0.235. The number of hydrogen-bond acceptors (Lipinski definition) is 3. The molecule has 0 spiro atoms. The van der Waals surface area contributed by atoms with E-state index in [0.717, 1.165) is 24.3 Å². The predicted molar refractivity (Wildman–Crippen MR) is 93.0 cm³/mol. The van der Waals surface area contributed by atoms with E-state index in [1.807, 2.05) is 0 Å². The minimum atomic E-state index is -3.80. The number of sulfone groups is 1. The molecule has 0 saturated carbocycles. The van der Waals surface area contributed by atoms with Gasteiger partial charge in [-0.2, -0.15) is 0 Å². The van der Waals surface area contributed by atoms with Crippen molar-refractivity contribution in [3.63, 3.8) is 0 Å². The first-order chi connectivity index (χ1) is 12.3.